The Morgan fingerprint density at radius 3 is 2.56 bits per heavy atom. The molecule has 1 aliphatic heterocycles. The summed E-state index contributed by atoms with van der Waals surface area (Å²) in [5.41, 5.74) is 0.269. The van der Waals surface area contributed by atoms with E-state index < -0.39 is 11.7 Å². The number of ether oxygens (including phenoxy) is 1. The van der Waals surface area contributed by atoms with Gasteiger partial charge in [-0.05, 0) is 18.2 Å². The minimum atomic E-state index is -0.632. The van der Waals surface area contributed by atoms with Gasteiger partial charge >= 0.3 is 0 Å². The Labute approximate surface area is 159 Å². The number of phenols is 1. The number of morpholine rings is 1. The average Bonchev–Trinajstić information content (AvgIpc) is 2.62. The van der Waals surface area contributed by atoms with E-state index in [0.29, 0.717) is 18.9 Å². The molecular weight excluding hydrogens is 389 g/mol. The lowest BCUT2D eigenvalue weighted by molar-refractivity contribution is 0.102. The highest BCUT2D eigenvalue weighted by molar-refractivity contribution is 6.46. The van der Waals surface area contributed by atoms with Crippen molar-refractivity contribution < 1.29 is 14.6 Å². The number of nitrogens with one attached hydrogen (secondary N) is 1. The second kappa shape index (κ2) is 7.66. The van der Waals surface area contributed by atoms with Crippen molar-refractivity contribution in [3.8, 4) is 5.75 Å². The number of pyridine rings is 1. The first kappa shape index (κ1) is 18.1. The maximum atomic E-state index is 12.4. The Kier molecular flexibility index (Phi) is 5.54. The highest BCUT2D eigenvalue weighted by atomic mass is 35.5. The van der Waals surface area contributed by atoms with Crippen LogP contribution in [0.4, 0.5) is 11.5 Å². The van der Waals surface area contributed by atoms with E-state index in [-0.39, 0.29) is 20.6 Å². The molecule has 6 nitrogen and oxygen atoms in total. The molecule has 2 heterocycles. The summed E-state index contributed by atoms with van der Waals surface area (Å²) in [7, 11) is 0. The summed E-state index contributed by atoms with van der Waals surface area (Å²) in [5.74, 6) is -0.257. The lowest BCUT2D eigenvalue weighted by Crippen LogP contribution is -2.36. The summed E-state index contributed by atoms with van der Waals surface area (Å²) in [6, 6.07) is 4.79. The molecule has 0 bridgehead atoms. The normalized spacial score (nSPS) is 14.4. The van der Waals surface area contributed by atoms with Gasteiger partial charge in [0.05, 0.1) is 40.2 Å². The van der Waals surface area contributed by atoms with Crippen molar-refractivity contribution in [1.82, 2.24) is 4.98 Å². The van der Waals surface area contributed by atoms with E-state index in [1.165, 1.54) is 12.3 Å². The van der Waals surface area contributed by atoms with Crippen LogP contribution in [0.15, 0.2) is 24.4 Å². The number of carbonyl (C=O) groups excluding carboxylic acids is 1. The SMILES string of the molecule is O=C(Nc1ccc(N2CCOCC2)nc1)c1c(O)c(Cl)cc(Cl)c1Cl. The molecule has 9 heteroatoms. The van der Waals surface area contributed by atoms with E-state index in [1.54, 1.807) is 12.1 Å². The molecule has 1 aliphatic rings. The van der Waals surface area contributed by atoms with Crippen LogP contribution in [-0.4, -0.2) is 42.3 Å². The van der Waals surface area contributed by atoms with Crippen molar-refractivity contribution in [2.45, 2.75) is 0 Å². The minimum Gasteiger partial charge on any atom is -0.505 e. The fraction of sp³-hybridized carbons (Fsp3) is 0.250. The van der Waals surface area contributed by atoms with Gasteiger partial charge in [-0.3, -0.25) is 4.79 Å². The number of nitrogens with zero attached hydrogens (tertiary/aromatic N) is 2. The van der Waals surface area contributed by atoms with Crippen molar-refractivity contribution in [2.75, 3.05) is 36.5 Å². The van der Waals surface area contributed by atoms with Crippen LogP contribution in [0.3, 0.4) is 0 Å². The second-order valence-electron chi connectivity index (χ2n) is 5.34. The zero-order chi connectivity index (χ0) is 18.0. The zero-order valence-electron chi connectivity index (χ0n) is 12.9. The van der Waals surface area contributed by atoms with Gasteiger partial charge in [-0.25, -0.2) is 4.98 Å². The predicted octanol–water partition coefficient (Wildman–Crippen LogP) is 3.84. The number of anilines is 2. The Morgan fingerprint density at radius 1 is 1.20 bits per heavy atom. The second-order valence-corrected chi connectivity index (χ2v) is 6.53. The Balaban J connectivity index is 1.77. The van der Waals surface area contributed by atoms with Gasteiger partial charge in [0.15, 0.2) is 0 Å². The monoisotopic (exact) mass is 401 g/mol. The number of hydrogen-bond donors (Lipinski definition) is 2. The Bertz CT molecular complexity index is 767. The van der Waals surface area contributed by atoms with Crippen molar-refractivity contribution in [1.29, 1.82) is 0 Å². The van der Waals surface area contributed by atoms with Gasteiger partial charge in [0, 0.05) is 13.1 Å². The number of aromatic nitrogens is 1. The summed E-state index contributed by atoms with van der Waals surface area (Å²) >= 11 is 17.8. The van der Waals surface area contributed by atoms with Crippen LogP contribution in [-0.2, 0) is 4.74 Å². The Morgan fingerprint density at radius 2 is 1.92 bits per heavy atom. The molecule has 132 valence electrons. The van der Waals surface area contributed by atoms with Gasteiger partial charge in [0.2, 0.25) is 0 Å². The molecule has 0 radical (unpaired) electrons. The molecule has 0 atom stereocenters. The van der Waals surface area contributed by atoms with Crippen LogP contribution >= 0.6 is 34.8 Å². The van der Waals surface area contributed by atoms with Crippen LogP contribution in [0, 0.1) is 0 Å². The number of amides is 1. The van der Waals surface area contributed by atoms with E-state index in [9.17, 15) is 9.90 Å². The number of halogens is 3. The molecule has 0 aliphatic carbocycles. The molecule has 0 spiro atoms. The highest BCUT2D eigenvalue weighted by Crippen LogP contribution is 2.38. The molecule has 1 saturated heterocycles. The smallest absolute Gasteiger partial charge is 0.261 e. The summed E-state index contributed by atoms with van der Waals surface area (Å²) < 4.78 is 5.30. The molecule has 0 unspecified atom stereocenters. The summed E-state index contributed by atoms with van der Waals surface area (Å²) in [5, 5.41) is 12.6. The molecule has 25 heavy (non-hydrogen) atoms. The molecule has 1 aromatic heterocycles. The fourth-order valence-electron chi connectivity index (χ4n) is 2.43. The van der Waals surface area contributed by atoms with Crippen LogP contribution in [0.5, 0.6) is 5.75 Å². The van der Waals surface area contributed by atoms with Crippen molar-refractivity contribution >= 4 is 52.2 Å². The van der Waals surface area contributed by atoms with Gasteiger partial charge < -0.3 is 20.1 Å². The molecule has 2 aromatic rings. The van der Waals surface area contributed by atoms with E-state index in [2.05, 4.69) is 15.2 Å². The van der Waals surface area contributed by atoms with Crippen LogP contribution in [0.25, 0.3) is 0 Å². The number of rotatable bonds is 3. The topological polar surface area (TPSA) is 74.7 Å². The van der Waals surface area contributed by atoms with E-state index >= 15 is 0 Å². The van der Waals surface area contributed by atoms with Crippen LogP contribution in [0.2, 0.25) is 15.1 Å². The summed E-state index contributed by atoms with van der Waals surface area (Å²) in [6.07, 6.45) is 1.53. The number of carbonyl (C=O) groups is 1. The quantitative estimate of drug-likeness (QED) is 0.763. The third-order valence-electron chi connectivity index (χ3n) is 3.71. The van der Waals surface area contributed by atoms with Crippen LogP contribution in [0.1, 0.15) is 10.4 Å². The number of hydrogen-bond acceptors (Lipinski definition) is 5. The molecule has 1 aromatic carbocycles. The number of benzene rings is 1. The number of aromatic hydroxyl groups is 1. The van der Waals surface area contributed by atoms with Crippen molar-refractivity contribution in [3.63, 3.8) is 0 Å². The maximum absolute atomic E-state index is 12.4. The molecule has 3 rings (SSSR count). The third-order valence-corrected chi connectivity index (χ3v) is 4.79. The molecular formula is C16H14Cl3N3O3. The summed E-state index contributed by atoms with van der Waals surface area (Å²) in [4.78, 5) is 18.8. The minimum absolute atomic E-state index is 0.0552. The first-order valence-electron chi connectivity index (χ1n) is 7.44. The van der Waals surface area contributed by atoms with E-state index in [4.69, 9.17) is 39.5 Å². The van der Waals surface area contributed by atoms with E-state index in [1.807, 2.05) is 0 Å². The van der Waals surface area contributed by atoms with Gasteiger partial charge in [-0.15, -0.1) is 0 Å². The fourth-order valence-corrected chi connectivity index (χ4v) is 3.12. The van der Waals surface area contributed by atoms with Gasteiger partial charge in [-0.1, -0.05) is 34.8 Å². The predicted molar refractivity (Wildman–Crippen MR) is 98.4 cm³/mol. The standard InChI is InChI=1S/C16H14Cl3N3O3/c17-10-7-11(18)15(23)13(14(10)19)16(24)21-9-1-2-12(20-8-9)22-3-5-25-6-4-22/h1-2,7-8,23H,3-6H2,(H,21,24). The van der Waals surface area contributed by atoms with Crippen LogP contribution < -0.4 is 10.2 Å². The molecule has 1 amide bonds. The highest BCUT2D eigenvalue weighted by Gasteiger charge is 2.21. The van der Waals surface area contributed by atoms with Gasteiger partial charge in [-0.2, -0.15) is 0 Å². The average molecular weight is 403 g/mol. The first-order valence-corrected chi connectivity index (χ1v) is 8.57. The van der Waals surface area contributed by atoms with Gasteiger partial charge in [0.25, 0.3) is 5.91 Å². The maximum Gasteiger partial charge on any atom is 0.261 e. The number of phenolic OH excluding ortho intramolecular Hbond substituents is 1. The lowest BCUT2D eigenvalue weighted by atomic mass is 10.1. The molecule has 2 N–H and O–H groups in total. The summed E-state index contributed by atoms with van der Waals surface area (Å²) in [6.45, 7) is 2.85. The third kappa shape index (κ3) is 3.93. The van der Waals surface area contributed by atoms with Crippen molar-refractivity contribution in [3.05, 3.63) is 45.0 Å². The van der Waals surface area contributed by atoms with E-state index in [0.717, 1.165) is 18.9 Å². The zero-order valence-corrected chi connectivity index (χ0v) is 15.2. The first-order chi connectivity index (χ1) is 12.0. The van der Waals surface area contributed by atoms with Gasteiger partial charge in [0.1, 0.15) is 17.1 Å². The molecule has 0 saturated carbocycles. The Hall–Kier alpha value is -1.73. The largest absolute Gasteiger partial charge is 0.505 e. The van der Waals surface area contributed by atoms with Crippen molar-refractivity contribution in [2.24, 2.45) is 0 Å². The molecule has 1 fully saturated rings. The lowest BCUT2D eigenvalue weighted by Gasteiger charge is -2.27.